The second-order valence-corrected chi connectivity index (χ2v) is 4.70. The van der Waals surface area contributed by atoms with Crippen molar-refractivity contribution >= 4 is 5.91 Å². The molecule has 5 nitrogen and oxygen atoms in total. The Labute approximate surface area is 117 Å². The molecular formula is C14H19FN2O3. The molecule has 6 heteroatoms. The summed E-state index contributed by atoms with van der Waals surface area (Å²) >= 11 is 0. The molecular weight excluding hydrogens is 263 g/mol. The van der Waals surface area contributed by atoms with Crippen molar-refractivity contribution in [3.63, 3.8) is 0 Å². The average molecular weight is 282 g/mol. The monoisotopic (exact) mass is 282 g/mol. The van der Waals surface area contributed by atoms with Crippen LogP contribution in [0.15, 0.2) is 18.2 Å². The van der Waals surface area contributed by atoms with Gasteiger partial charge in [-0.25, -0.2) is 4.39 Å². The van der Waals surface area contributed by atoms with Gasteiger partial charge < -0.3 is 20.5 Å². The van der Waals surface area contributed by atoms with Crippen LogP contribution in [0.25, 0.3) is 0 Å². The number of carbonyl (C=O) groups excluding carboxylic acids is 1. The minimum Gasteiger partial charge on any atom is -0.484 e. The Balaban J connectivity index is 1.79. The minimum atomic E-state index is -0.421. The summed E-state index contributed by atoms with van der Waals surface area (Å²) in [5, 5.41) is 2.87. The van der Waals surface area contributed by atoms with E-state index in [-0.39, 0.29) is 25.1 Å². The lowest BCUT2D eigenvalue weighted by molar-refractivity contribution is -0.124. The Hall–Kier alpha value is -1.66. The van der Waals surface area contributed by atoms with Gasteiger partial charge in [0.25, 0.3) is 5.91 Å². The van der Waals surface area contributed by atoms with Gasteiger partial charge in [-0.05, 0) is 18.9 Å². The van der Waals surface area contributed by atoms with Gasteiger partial charge in [-0.1, -0.05) is 6.07 Å². The first-order valence-corrected chi connectivity index (χ1v) is 6.67. The molecule has 2 rings (SSSR count). The Morgan fingerprint density at radius 1 is 1.45 bits per heavy atom. The molecule has 0 aromatic heterocycles. The van der Waals surface area contributed by atoms with Gasteiger partial charge in [0.05, 0.1) is 0 Å². The summed E-state index contributed by atoms with van der Waals surface area (Å²) in [6, 6.07) is 4.54. The first kappa shape index (κ1) is 14.7. The number of amides is 1. The maximum absolute atomic E-state index is 13.5. The van der Waals surface area contributed by atoms with Crippen molar-refractivity contribution in [3.8, 4) is 5.75 Å². The van der Waals surface area contributed by atoms with Crippen LogP contribution in [0.5, 0.6) is 5.75 Å². The van der Waals surface area contributed by atoms with E-state index in [1.807, 2.05) is 0 Å². The first-order valence-electron chi connectivity index (χ1n) is 6.67. The zero-order chi connectivity index (χ0) is 14.4. The lowest BCUT2D eigenvalue weighted by Gasteiger charge is -2.23. The molecule has 1 fully saturated rings. The molecule has 0 spiro atoms. The molecule has 0 aliphatic carbocycles. The molecule has 0 radical (unpaired) electrons. The number of ether oxygens (including phenoxy) is 2. The summed E-state index contributed by atoms with van der Waals surface area (Å²) < 4.78 is 23.9. The lowest BCUT2D eigenvalue weighted by Crippen LogP contribution is -2.41. The second-order valence-electron chi connectivity index (χ2n) is 4.70. The van der Waals surface area contributed by atoms with E-state index in [1.54, 1.807) is 12.1 Å². The van der Waals surface area contributed by atoms with Gasteiger partial charge in [0, 0.05) is 37.4 Å². The Morgan fingerprint density at radius 2 is 2.20 bits per heavy atom. The van der Waals surface area contributed by atoms with Crippen molar-refractivity contribution in [2.75, 3.05) is 19.8 Å². The summed E-state index contributed by atoms with van der Waals surface area (Å²) in [7, 11) is 0. The van der Waals surface area contributed by atoms with E-state index < -0.39 is 5.82 Å². The highest BCUT2D eigenvalue weighted by Crippen LogP contribution is 2.16. The molecule has 1 aromatic rings. The molecule has 0 unspecified atom stereocenters. The normalized spacial score (nSPS) is 15.9. The van der Waals surface area contributed by atoms with Gasteiger partial charge in [-0.3, -0.25) is 4.79 Å². The van der Waals surface area contributed by atoms with E-state index in [0.717, 1.165) is 12.8 Å². The number of rotatable bonds is 5. The van der Waals surface area contributed by atoms with E-state index >= 15 is 0 Å². The highest BCUT2D eigenvalue weighted by molar-refractivity contribution is 5.77. The molecule has 1 aromatic carbocycles. The lowest BCUT2D eigenvalue weighted by atomic mass is 10.1. The van der Waals surface area contributed by atoms with Crippen LogP contribution in [-0.2, 0) is 16.1 Å². The third kappa shape index (κ3) is 4.18. The smallest absolute Gasteiger partial charge is 0.258 e. The van der Waals surface area contributed by atoms with E-state index in [4.69, 9.17) is 15.2 Å². The molecule has 1 amide bonds. The zero-order valence-corrected chi connectivity index (χ0v) is 11.2. The van der Waals surface area contributed by atoms with Crippen molar-refractivity contribution in [3.05, 3.63) is 29.6 Å². The fraction of sp³-hybridized carbons (Fsp3) is 0.500. The Kier molecular flexibility index (Phi) is 5.31. The van der Waals surface area contributed by atoms with Crippen LogP contribution in [0.4, 0.5) is 4.39 Å². The third-order valence-corrected chi connectivity index (χ3v) is 3.20. The number of hydrogen-bond acceptors (Lipinski definition) is 4. The largest absolute Gasteiger partial charge is 0.484 e. The van der Waals surface area contributed by atoms with E-state index in [2.05, 4.69) is 5.32 Å². The van der Waals surface area contributed by atoms with E-state index in [0.29, 0.717) is 24.5 Å². The number of carbonyl (C=O) groups is 1. The minimum absolute atomic E-state index is 0.126. The molecule has 1 heterocycles. The predicted molar refractivity (Wildman–Crippen MR) is 71.8 cm³/mol. The molecule has 0 saturated carbocycles. The van der Waals surface area contributed by atoms with Crippen molar-refractivity contribution < 1.29 is 18.7 Å². The summed E-state index contributed by atoms with van der Waals surface area (Å²) in [6.07, 6.45) is 1.62. The predicted octanol–water partition coefficient (Wildman–Crippen LogP) is 0.958. The van der Waals surface area contributed by atoms with Gasteiger partial charge in [-0.15, -0.1) is 0 Å². The average Bonchev–Trinajstić information content (AvgIpc) is 2.46. The number of hydrogen-bond donors (Lipinski definition) is 2. The van der Waals surface area contributed by atoms with Crippen molar-refractivity contribution in [2.24, 2.45) is 5.73 Å². The highest BCUT2D eigenvalue weighted by atomic mass is 19.1. The molecule has 0 bridgehead atoms. The van der Waals surface area contributed by atoms with Crippen molar-refractivity contribution in [2.45, 2.75) is 25.4 Å². The van der Waals surface area contributed by atoms with Gasteiger partial charge in [0.15, 0.2) is 6.61 Å². The summed E-state index contributed by atoms with van der Waals surface area (Å²) in [5.74, 6) is -0.308. The van der Waals surface area contributed by atoms with Gasteiger partial charge >= 0.3 is 0 Å². The van der Waals surface area contributed by atoms with Crippen LogP contribution in [-0.4, -0.2) is 31.8 Å². The zero-order valence-electron chi connectivity index (χ0n) is 11.2. The fourth-order valence-electron chi connectivity index (χ4n) is 2.04. The molecule has 1 saturated heterocycles. The number of benzene rings is 1. The van der Waals surface area contributed by atoms with E-state index in [1.165, 1.54) is 6.07 Å². The third-order valence-electron chi connectivity index (χ3n) is 3.20. The Bertz CT molecular complexity index is 462. The summed E-state index contributed by atoms with van der Waals surface area (Å²) in [5.41, 5.74) is 5.79. The molecule has 0 atom stereocenters. The number of nitrogens with one attached hydrogen (secondary N) is 1. The second kappa shape index (κ2) is 7.21. The first-order chi connectivity index (χ1) is 9.69. The quantitative estimate of drug-likeness (QED) is 0.843. The van der Waals surface area contributed by atoms with Crippen molar-refractivity contribution in [1.82, 2.24) is 5.32 Å². The topological polar surface area (TPSA) is 73.6 Å². The number of halogens is 1. The van der Waals surface area contributed by atoms with Crippen LogP contribution in [0, 0.1) is 5.82 Å². The maximum Gasteiger partial charge on any atom is 0.258 e. The summed E-state index contributed by atoms with van der Waals surface area (Å²) in [4.78, 5) is 11.7. The maximum atomic E-state index is 13.5. The molecule has 20 heavy (non-hydrogen) atoms. The van der Waals surface area contributed by atoms with Gasteiger partial charge in [0.2, 0.25) is 0 Å². The summed E-state index contributed by atoms with van der Waals surface area (Å²) in [6.45, 7) is 1.34. The molecule has 3 N–H and O–H groups in total. The molecule has 110 valence electrons. The molecule has 1 aliphatic rings. The van der Waals surface area contributed by atoms with Gasteiger partial charge in [0.1, 0.15) is 11.6 Å². The SMILES string of the molecule is NCc1ccc(OCC(=O)NC2CCOCC2)cc1F. The molecule has 1 aliphatic heterocycles. The van der Waals surface area contributed by atoms with E-state index in [9.17, 15) is 9.18 Å². The van der Waals surface area contributed by atoms with Crippen LogP contribution >= 0.6 is 0 Å². The number of nitrogens with two attached hydrogens (primary N) is 1. The Morgan fingerprint density at radius 3 is 2.85 bits per heavy atom. The fourth-order valence-corrected chi connectivity index (χ4v) is 2.04. The van der Waals surface area contributed by atoms with Gasteiger partial charge in [-0.2, -0.15) is 0 Å². The standard InChI is InChI=1S/C14H19FN2O3/c15-13-7-12(2-1-10(13)8-16)20-9-14(18)17-11-3-5-19-6-4-11/h1-2,7,11H,3-6,8-9,16H2,(H,17,18). The van der Waals surface area contributed by atoms with Crippen LogP contribution in [0.3, 0.4) is 0 Å². The van der Waals surface area contributed by atoms with Crippen LogP contribution in [0.2, 0.25) is 0 Å². The van der Waals surface area contributed by atoms with Crippen molar-refractivity contribution in [1.29, 1.82) is 0 Å². The highest BCUT2D eigenvalue weighted by Gasteiger charge is 2.16. The van der Waals surface area contributed by atoms with Crippen LogP contribution < -0.4 is 15.8 Å². The van der Waals surface area contributed by atoms with Crippen LogP contribution in [0.1, 0.15) is 18.4 Å².